The van der Waals surface area contributed by atoms with E-state index in [0.29, 0.717) is 6.42 Å². The number of nitriles is 1. The molecular weight excluding hydrogens is 210 g/mol. The summed E-state index contributed by atoms with van der Waals surface area (Å²) in [6.07, 6.45) is 3.23. The van der Waals surface area contributed by atoms with Crippen molar-refractivity contribution >= 4 is 0 Å². The van der Waals surface area contributed by atoms with Crippen molar-refractivity contribution in [2.45, 2.75) is 26.7 Å². The van der Waals surface area contributed by atoms with Gasteiger partial charge in [0.15, 0.2) is 0 Å². The Kier molecular flexibility index (Phi) is 3.24. The van der Waals surface area contributed by atoms with Crippen LogP contribution < -0.4 is 0 Å². The van der Waals surface area contributed by atoms with Crippen LogP contribution in [-0.2, 0) is 12.8 Å². The molecule has 17 heavy (non-hydrogen) atoms. The average molecular weight is 225 g/mol. The summed E-state index contributed by atoms with van der Waals surface area (Å²) in [5.41, 5.74) is 4.39. The van der Waals surface area contributed by atoms with Crippen LogP contribution in [-0.4, -0.2) is 9.78 Å². The molecule has 1 aromatic carbocycles. The topological polar surface area (TPSA) is 41.6 Å². The lowest BCUT2D eigenvalue weighted by molar-refractivity contribution is 0.844. The van der Waals surface area contributed by atoms with Gasteiger partial charge in [0.25, 0.3) is 0 Å². The molecule has 0 atom stereocenters. The fourth-order valence-electron chi connectivity index (χ4n) is 1.84. The average Bonchev–Trinajstić information content (AvgIpc) is 2.72. The minimum absolute atomic E-state index is 0.416. The molecule has 0 saturated heterocycles. The minimum Gasteiger partial charge on any atom is -0.238 e. The van der Waals surface area contributed by atoms with Crippen LogP contribution >= 0.6 is 0 Å². The summed E-state index contributed by atoms with van der Waals surface area (Å²) in [4.78, 5) is 0. The highest BCUT2D eigenvalue weighted by molar-refractivity contribution is 5.37. The van der Waals surface area contributed by atoms with E-state index in [1.165, 1.54) is 5.56 Å². The third-order valence-electron chi connectivity index (χ3n) is 2.97. The fourth-order valence-corrected chi connectivity index (χ4v) is 1.84. The summed E-state index contributed by atoms with van der Waals surface area (Å²) in [6.45, 7) is 4.13. The van der Waals surface area contributed by atoms with Crippen molar-refractivity contribution in [2.75, 3.05) is 0 Å². The maximum absolute atomic E-state index is 8.71. The Morgan fingerprint density at radius 1 is 1.29 bits per heavy atom. The molecule has 2 rings (SSSR count). The van der Waals surface area contributed by atoms with E-state index in [1.54, 1.807) is 6.20 Å². The minimum atomic E-state index is 0.416. The molecule has 1 heterocycles. The van der Waals surface area contributed by atoms with Crippen LogP contribution in [0.5, 0.6) is 0 Å². The predicted molar refractivity (Wildman–Crippen MR) is 67.0 cm³/mol. The van der Waals surface area contributed by atoms with E-state index in [2.05, 4.69) is 42.4 Å². The molecular formula is C14H15N3. The highest BCUT2D eigenvalue weighted by atomic mass is 15.3. The number of hydrogen-bond acceptors (Lipinski definition) is 2. The van der Waals surface area contributed by atoms with Gasteiger partial charge in [0.1, 0.15) is 0 Å². The SMILES string of the molecule is CCc1ccc(-n2ncc(CC#N)c2C)cc1. The maximum Gasteiger partial charge on any atom is 0.0671 e. The number of rotatable bonds is 3. The van der Waals surface area contributed by atoms with Crippen LogP contribution in [0.1, 0.15) is 23.7 Å². The number of hydrogen-bond donors (Lipinski definition) is 0. The highest BCUT2D eigenvalue weighted by Gasteiger charge is 2.07. The van der Waals surface area contributed by atoms with Gasteiger partial charge in [-0.15, -0.1) is 0 Å². The molecule has 0 spiro atoms. The van der Waals surface area contributed by atoms with Gasteiger partial charge in [-0.05, 0) is 31.0 Å². The van der Waals surface area contributed by atoms with Gasteiger partial charge in [-0.1, -0.05) is 19.1 Å². The molecule has 0 aliphatic heterocycles. The van der Waals surface area contributed by atoms with E-state index in [4.69, 9.17) is 5.26 Å². The van der Waals surface area contributed by atoms with Gasteiger partial charge < -0.3 is 0 Å². The Labute approximate surface area is 101 Å². The second kappa shape index (κ2) is 4.84. The molecule has 0 bridgehead atoms. The molecule has 2 aromatic rings. The molecule has 0 fully saturated rings. The van der Waals surface area contributed by atoms with Crippen molar-refractivity contribution in [1.82, 2.24) is 9.78 Å². The van der Waals surface area contributed by atoms with Crippen LogP contribution in [0.2, 0.25) is 0 Å². The third-order valence-corrected chi connectivity index (χ3v) is 2.97. The molecule has 0 N–H and O–H groups in total. The molecule has 0 aliphatic carbocycles. The summed E-state index contributed by atoms with van der Waals surface area (Å²) in [5.74, 6) is 0. The van der Waals surface area contributed by atoms with Gasteiger partial charge >= 0.3 is 0 Å². The third kappa shape index (κ3) is 2.21. The van der Waals surface area contributed by atoms with Gasteiger partial charge in [0.2, 0.25) is 0 Å². The van der Waals surface area contributed by atoms with Crippen LogP contribution in [0, 0.1) is 18.3 Å². The fraction of sp³-hybridized carbons (Fsp3) is 0.286. The molecule has 0 radical (unpaired) electrons. The maximum atomic E-state index is 8.71. The van der Waals surface area contributed by atoms with Crippen molar-refractivity contribution < 1.29 is 0 Å². The van der Waals surface area contributed by atoms with Crippen LogP contribution in [0.25, 0.3) is 5.69 Å². The summed E-state index contributed by atoms with van der Waals surface area (Å²) in [5, 5.41) is 13.0. The van der Waals surface area contributed by atoms with E-state index in [0.717, 1.165) is 23.4 Å². The summed E-state index contributed by atoms with van der Waals surface area (Å²) in [7, 11) is 0. The lowest BCUT2D eigenvalue weighted by Crippen LogP contribution is -1.99. The lowest BCUT2D eigenvalue weighted by Gasteiger charge is -2.05. The highest BCUT2D eigenvalue weighted by Crippen LogP contribution is 2.15. The first-order chi connectivity index (χ1) is 8.26. The van der Waals surface area contributed by atoms with Gasteiger partial charge in [-0.2, -0.15) is 10.4 Å². The van der Waals surface area contributed by atoms with Gasteiger partial charge in [0.05, 0.1) is 24.4 Å². The smallest absolute Gasteiger partial charge is 0.0671 e. The molecule has 86 valence electrons. The van der Waals surface area contributed by atoms with E-state index in [9.17, 15) is 0 Å². The standard InChI is InChI=1S/C14H15N3/c1-3-12-4-6-14(7-5-12)17-11(2)13(8-9-15)10-16-17/h4-7,10H,3,8H2,1-2H3. The summed E-state index contributed by atoms with van der Waals surface area (Å²) in [6, 6.07) is 10.5. The first-order valence-electron chi connectivity index (χ1n) is 5.76. The predicted octanol–water partition coefficient (Wildman–Crippen LogP) is 2.81. The zero-order valence-corrected chi connectivity index (χ0v) is 10.1. The lowest BCUT2D eigenvalue weighted by atomic mass is 10.1. The Morgan fingerprint density at radius 2 is 2.00 bits per heavy atom. The quantitative estimate of drug-likeness (QED) is 0.806. The zero-order valence-electron chi connectivity index (χ0n) is 10.1. The second-order valence-electron chi connectivity index (χ2n) is 4.02. The first-order valence-corrected chi connectivity index (χ1v) is 5.76. The monoisotopic (exact) mass is 225 g/mol. The van der Waals surface area contributed by atoms with Crippen molar-refractivity contribution in [3.8, 4) is 11.8 Å². The number of aryl methyl sites for hydroxylation is 1. The van der Waals surface area contributed by atoms with E-state index in [1.807, 2.05) is 11.6 Å². The molecule has 0 amide bonds. The first kappa shape index (κ1) is 11.4. The molecule has 0 saturated carbocycles. The van der Waals surface area contributed by atoms with E-state index < -0.39 is 0 Å². The van der Waals surface area contributed by atoms with Crippen molar-refractivity contribution in [2.24, 2.45) is 0 Å². The zero-order chi connectivity index (χ0) is 12.3. The molecule has 0 aliphatic rings. The van der Waals surface area contributed by atoms with Gasteiger partial charge in [0, 0.05) is 11.3 Å². The van der Waals surface area contributed by atoms with Crippen molar-refractivity contribution in [3.63, 3.8) is 0 Å². The Balaban J connectivity index is 2.36. The number of benzene rings is 1. The Morgan fingerprint density at radius 3 is 2.59 bits per heavy atom. The molecule has 3 nitrogen and oxygen atoms in total. The Hall–Kier alpha value is -2.08. The van der Waals surface area contributed by atoms with Crippen LogP contribution in [0.15, 0.2) is 30.5 Å². The molecule has 1 aromatic heterocycles. The van der Waals surface area contributed by atoms with Crippen LogP contribution in [0.3, 0.4) is 0 Å². The van der Waals surface area contributed by atoms with E-state index in [-0.39, 0.29) is 0 Å². The normalized spacial score (nSPS) is 10.2. The van der Waals surface area contributed by atoms with Crippen molar-refractivity contribution in [1.29, 1.82) is 5.26 Å². The van der Waals surface area contributed by atoms with Crippen molar-refractivity contribution in [3.05, 3.63) is 47.3 Å². The van der Waals surface area contributed by atoms with Gasteiger partial charge in [-0.3, -0.25) is 0 Å². The summed E-state index contributed by atoms with van der Waals surface area (Å²) < 4.78 is 1.88. The largest absolute Gasteiger partial charge is 0.238 e. The second-order valence-corrected chi connectivity index (χ2v) is 4.02. The van der Waals surface area contributed by atoms with Gasteiger partial charge in [-0.25, -0.2) is 4.68 Å². The number of aromatic nitrogens is 2. The molecule has 3 heteroatoms. The van der Waals surface area contributed by atoms with E-state index >= 15 is 0 Å². The van der Waals surface area contributed by atoms with Crippen LogP contribution in [0.4, 0.5) is 0 Å². The summed E-state index contributed by atoms with van der Waals surface area (Å²) >= 11 is 0. The number of nitrogens with zero attached hydrogens (tertiary/aromatic N) is 3. The molecule has 0 unspecified atom stereocenters. The Bertz CT molecular complexity index is 544.